The molecule has 3 rings (SSSR count). The largest absolute Gasteiger partial charge is 0.382 e. The standard InChI is InChI=1S/C17H26N2/c1-2-14-5-7-16(8-6-14)18-17-9-11-19(12-10-17)13-15-3-4-15/h5-8,15,17-18H,2-4,9-13H2,1H3. The van der Waals surface area contributed by atoms with Gasteiger partial charge in [0.1, 0.15) is 0 Å². The van der Waals surface area contributed by atoms with Crippen LogP contribution >= 0.6 is 0 Å². The number of nitrogens with zero attached hydrogens (tertiary/aromatic N) is 1. The molecule has 0 radical (unpaired) electrons. The second kappa shape index (κ2) is 5.96. The van der Waals surface area contributed by atoms with E-state index in [2.05, 4.69) is 41.4 Å². The van der Waals surface area contributed by atoms with Gasteiger partial charge in [0.2, 0.25) is 0 Å². The monoisotopic (exact) mass is 258 g/mol. The van der Waals surface area contributed by atoms with Crippen molar-refractivity contribution < 1.29 is 0 Å². The SMILES string of the molecule is CCc1ccc(NC2CCN(CC3CC3)CC2)cc1. The highest BCUT2D eigenvalue weighted by molar-refractivity contribution is 5.45. The molecule has 2 fully saturated rings. The van der Waals surface area contributed by atoms with E-state index in [1.807, 2.05) is 0 Å². The summed E-state index contributed by atoms with van der Waals surface area (Å²) in [5, 5.41) is 3.69. The minimum atomic E-state index is 0.669. The average molecular weight is 258 g/mol. The van der Waals surface area contributed by atoms with Gasteiger partial charge in [0.25, 0.3) is 0 Å². The second-order valence-electron chi connectivity index (χ2n) is 6.21. The molecule has 1 aromatic rings. The molecule has 1 heterocycles. The number of hydrogen-bond donors (Lipinski definition) is 1. The quantitative estimate of drug-likeness (QED) is 0.869. The van der Waals surface area contributed by atoms with Gasteiger partial charge < -0.3 is 10.2 Å². The van der Waals surface area contributed by atoms with Gasteiger partial charge in [-0.05, 0) is 55.7 Å². The van der Waals surface area contributed by atoms with Crippen LogP contribution in [-0.4, -0.2) is 30.6 Å². The number of anilines is 1. The average Bonchev–Trinajstić information content (AvgIpc) is 3.26. The van der Waals surface area contributed by atoms with E-state index in [0.717, 1.165) is 12.3 Å². The Morgan fingerprint density at radius 3 is 2.32 bits per heavy atom. The fourth-order valence-corrected chi connectivity index (χ4v) is 3.00. The Hall–Kier alpha value is -1.02. The molecule has 1 N–H and O–H groups in total. The summed E-state index contributed by atoms with van der Waals surface area (Å²) in [5.74, 6) is 1.03. The van der Waals surface area contributed by atoms with Gasteiger partial charge in [-0.1, -0.05) is 19.1 Å². The van der Waals surface area contributed by atoms with Crippen molar-refractivity contribution >= 4 is 5.69 Å². The summed E-state index contributed by atoms with van der Waals surface area (Å²) in [4.78, 5) is 2.66. The number of hydrogen-bond acceptors (Lipinski definition) is 2. The van der Waals surface area contributed by atoms with E-state index in [4.69, 9.17) is 0 Å². The van der Waals surface area contributed by atoms with E-state index in [1.54, 1.807) is 0 Å². The molecule has 1 aromatic carbocycles. The molecule has 1 saturated carbocycles. The van der Waals surface area contributed by atoms with Crippen LogP contribution < -0.4 is 5.32 Å². The van der Waals surface area contributed by atoms with Crippen LogP contribution in [0.25, 0.3) is 0 Å². The third-order valence-electron chi connectivity index (χ3n) is 4.53. The Bertz CT molecular complexity index is 386. The molecule has 1 saturated heterocycles. The molecule has 0 unspecified atom stereocenters. The maximum Gasteiger partial charge on any atom is 0.0342 e. The van der Waals surface area contributed by atoms with Crippen molar-refractivity contribution in [3.8, 4) is 0 Å². The molecule has 19 heavy (non-hydrogen) atoms. The highest BCUT2D eigenvalue weighted by Gasteiger charge is 2.26. The Balaban J connectivity index is 1.45. The topological polar surface area (TPSA) is 15.3 Å². The molecule has 0 amide bonds. The normalized spacial score (nSPS) is 21.5. The summed E-state index contributed by atoms with van der Waals surface area (Å²) < 4.78 is 0. The van der Waals surface area contributed by atoms with Gasteiger partial charge in [0.05, 0.1) is 0 Å². The van der Waals surface area contributed by atoms with Crippen molar-refractivity contribution in [2.45, 2.75) is 45.1 Å². The van der Waals surface area contributed by atoms with Crippen LogP contribution in [0, 0.1) is 5.92 Å². The van der Waals surface area contributed by atoms with Crippen LogP contribution in [0.15, 0.2) is 24.3 Å². The molecular formula is C17H26N2. The van der Waals surface area contributed by atoms with Gasteiger partial charge in [-0.25, -0.2) is 0 Å². The maximum absolute atomic E-state index is 3.69. The summed E-state index contributed by atoms with van der Waals surface area (Å²) in [6.45, 7) is 6.12. The summed E-state index contributed by atoms with van der Waals surface area (Å²) in [6, 6.07) is 9.61. The van der Waals surface area contributed by atoms with Gasteiger partial charge in [0, 0.05) is 31.4 Å². The van der Waals surface area contributed by atoms with Gasteiger partial charge in [0.15, 0.2) is 0 Å². The molecule has 2 nitrogen and oxygen atoms in total. The minimum Gasteiger partial charge on any atom is -0.382 e. The lowest BCUT2D eigenvalue weighted by molar-refractivity contribution is 0.211. The Morgan fingerprint density at radius 2 is 1.74 bits per heavy atom. The van der Waals surface area contributed by atoms with E-state index in [0.29, 0.717) is 6.04 Å². The first-order chi connectivity index (χ1) is 9.33. The van der Waals surface area contributed by atoms with Gasteiger partial charge in [-0.2, -0.15) is 0 Å². The van der Waals surface area contributed by atoms with Crippen molar-refractivity contribution in [1.29, 1.82) is 0 Å². The van der Waals surface area contributed by atoms with Crippen LogP contribution in [0.2, 0.25) is 0 Å². The smallest absolute Gasteiger partial charge is 0.0342 e. The second-order valence-corrected chi connectivity index (χ2v) is 6.21. The molecule has 104 valence electrons. The predicted octanol–water partition coefficient (Wildman–Crippen LogP) is 3.54. The molecule has 0 spiro atoms. The van der Waals surface area contributed by atoms with Crippen LogP contribution in [0.3, 0.4) is 0 Å². The highest BCUT2D eigenvalue weighted by Crippen LogP contribution is 2.30. The third-order valence-corrected chi connectivity index (χ3v) is 4.53. The van der Waals surface area contributed by atoms with Crippen molar-refractivity contribution in [3.63, 3.8) is 0 Å². The zero-order valence-electron chi connectivity index (χ0n) is 12.1. The zero-order valence-corrected chi connectivity index (χ0v) is 12.1. The lowest BCUT2D eigenvalue weighted by atomic mass is 10.0. The van der Waals surface area contributed by atoms with Crippen molar-refractivity contribution in [2.75, 3.05) is 25.0 Å². The number of benzene rings is 1. The lowest BCUT2D eigenvalue weighted by Crippen LogP contribution is -2.40. The molecular weight excluding hydrogens is 232 g/mol. The molecule has 0 aromatic heterocycles. The molecule has 2 heteroatoms. The predicted molar refractivity (Wildman–Crippen MR) is 81.6 cm³/mol. The first-order valence-corrected chi connectivity index (χ1v) is 7.91. The van der Waals surface area contributed by atoms with E-state index in [9.17, 15) is 0 Å². The van der Waals surface area contributed by atoms with Gasteiger partial charge in [-0.15, -0.1) is 0 Å². The highest BCUT2D eigenvalue weighted by atomic mass is 15.1. The molecule has 1 aliphatic heterocycles. The number of rotatable bonds is 5. The van der Waals surface area contributed by atoms with Crippen molar-refractivity contribution in [1.82, 2.24) is 4.90 Å². The summed E-state index contributed by atoms with van der Waals surface area (Å²) in [6.07, 6.45) is 6.66. The van der Waals surface area contributed by atoms with Crippen LogP contribution in [0.4, 0.5) is 5.69 Å². The molecule has 2 aliphatic rings. The Labute approximate surface area is 117 Å². The third kappa shape index (κ3) is 3.73. The van der Waals surface area contributed by atoms with E-state index in [1.165, 1.54) is 56.6 Å². The first-order valence-electron chi connectivity index (χ1n) is 7.91. The molecule has 0 bridgehead atoms. The Kier molecular flexibility index (Phi) is 4.07. The van der Waals surface area contributed by atoms with Crippen molar-refractivity contribution in [2.24, 2.45) is 5.92 Å². The Morgan fingerprint density at radius 1 is 1.05 bits per heavy atom. The summed E-state index contributed by atoms with van der Waals surface area (Å²) in [5.41, 5.74) is 2.71. The lowest BCUT2D eigenvalue weighted by Gasteiger charge is -2.32. The number of aryl methyl sites for hydroxylation is 1. The summed E-state index contributed by atoms with van der Waals surface area (Å²) >= 11 is 0. The van der Waals surface area contributed by atoms with E-state index < -0.39 is 0 Å². The fraction of sp³-hybridized carbons (Fsp3) is 0.647. The fourth-order valence-electron chi connectivity index (χ4n) is 3.00. The summed E-state index contributed by atoms with van der Waals surface area (Å²) in [7, 11) is 0. The van der Waals surface area contributed by atoms with Crippen LogP contribution in [-0.2, 0) is 6.42 Å². The molecule has 0 atom stereocenters. The van der Waals surface area contributed by atoms with Crippen LogP contribution in [0.1, 0.15) is 38.2 Å². The molecule has 1 aliphatic carbocycles. The number of piperidine rings is 1. The van der Waals surface area contributed by atoms with E-state index in [-0.39, 0.29) is 0 Å². The van der Waals surface area contributed by atoms with Gasteiger partial charge >= 0.3 is 0 Å². The zero-order chi connectivity index (χ0) is 13.1. The number of nitrogens with one attached hydrogen (secondary N) is 1. The first kappa shape index (κ1) is 13.0. The van der Waals surface area contributed by atoms with Crippen molar-refractivity contribution in [3.05, 3.63) is 29.8 Å². The maximum atomic E-state index is 3.69. The van der Waals surface area contributed by atoms with Gasteiger partial charge in [-0.3, -0.25) is 0 Å². The van der Waals surface area contributed by atoms with Crippen LogP contribution in [0.5, 0.6) is 0 Å². The number of likely N-dealkylation sites (tertiary alicyclic amines) is 1. The minimum absolute atomic E-state index is 0.669. The van der Waals surface area contributed by atoms with E-state index >= 15 is 0 Å².